The van der Waals surface area contributed by atoms with Crippen LogP contribution >= 0.6 is 22.6 Å². The van der Waals surface area contributed by atoms with E-state index in [1.54, 1.807) is 0 Å². The number of hydrogen-bond acceptors (Lipinski definition) is 4. The lowest BCUT2D eigenvalue weighted by molar-refractivity contribution is -0.164. The van der Waals surface area contributed by atoms with Crippen LogP contribution in [-0.2, 0) is 9.53 Å². The van der Waals surface area contributed by atoms with Crippen LogP contribution in [0.2, 0.25) is 0 Å². The fraction of sp³-hybridized carbons (Fsp3) is 0.938. The molecule has 122 valence electrons. The van der Waals surface area contributed by atoms with Crippen molar-refractivity contribution in [1.29, 1.82) is 0 Å². The van der Waals surface area contributed by atoms with Crippen LogP contribution in [0.1, 0.15) is 64.7 Å². The predicted octanol–water partition coefficient (Wildman–Crippen LogP) is 2.97. The molecule has 0 spiro atoms. The van der Waals surface area contributed by atoms with Crippen molar-refractivity contribution >= 4 is 28.6 Å². The van der Waals surface area contributed by atoms with Gasteiger partial charge in [0.1, 0.15) is 3.92 Å². The lowest BCUT2D eigenvalue weighted by Crippen LogP contribution is -2.52. The van der Waals surface area contributed by atoms with Crippen molar-refractivity contribution in [3.63, 3.8) is 0 Å². The predicted molar refractivity (Wildman–Crippen MR) is 89.4 cm³/mol. The Morgan fingerprint density at radius 3 is 1.90 bits per heavy atom. The monoisotopic (exact) mass is 410 g/mol. The van der Waals surface area contributed by atoms with E-state index in [9.17, 15) is 15.0 Å². The molecule has 0 aromatic heterocycles. The van der Waals surface area contributed by atoms with Crippen LogP contribution < -0.4 is 0 Å². The summed E-state index contributed by atoms with van der Waals surface area (Å²) in [7, 11) is 0. The van der Waals surface area contributed by atoms with Gasteiger partial charge in [0.25, 0.3) is 0 Å². The number of alkyl halides is 1. The van der Waals surface area contributed by atoms with Crippen molar-refractivity contribution in [3.05, 3.63) is 0 Å². The zero-order valence-electron chi connectivity index (χ0n) is 12.8. The van der Waals surface area contributed by atoms with Crippen molar-refractivity contribution in [1.82, 2.24) is 0 Å². The first-order chi connectivity index (χ1) is 9.91. The Labute approximate surface area is 140 Å². The molecule has 0 heterocycles. The van der Waals surface area contributed by atoms with E-state index >= 15 is 0 Å². The molecular formula is C16H27IO4. The number of hydrogen-bond donors (Lipinski definition) is 2. The molecule has 2 aliphatic rings. The Hall–Kier alpha value is 0.120. The minimum Gasteiger partial charge on any atom is -0.464 e. The van der Waals surface area contributed by atoms with Gasteiger partial charge in [0.05, 0.1) is 23.7 Å². The van der Waals surface area contributed by atoms with Crippen LogP contribution in [0.25, 0.3) is 0 Å². The number of carbonyl (C=O) groups excluding carboxylic acids is 1. The molecule has 0 saturated heterocycles. The third-order valence-corrected chi connectivity index (χ3v) is 6.63. The Bertz CT molecular complexity index is 337. The van der Waals surface area contributed by atoms with Gasteiger partial charge in [0, 0.05) is 0 Å². The van der Waals surface area contributed by atoms with Crippen LogP contribution in [0.4, 0.5) is 0 Å². The number of rotatable bonds is 6. The van der Waals surface area contributed by atoms with Crippen LogP contribution in [-0.4, -0.2) is 37.9 Å². The first-order valence-electron chi connectivity index (χ1n) is 8.17. The number of carbonyl (C=O) groups is 1. The van der Waals surface area contributed by atoms with Crippen molar-refractivity contribution in [3.8, 4) is 0 Å². The zero-order valence-corrected chi connectivity index (χ0v) is 15.0. The van der Waals surface area contributed by atoms with E-state index in [0.29, 0.717) is 25.7 Å². The molecule has 2 saturated carbocycles. The zero-order chi connectivity index (χ0) is 15.5. The van der Waals surface area contributed by atoms with Gasteiger partial charge < -0.3 is 14.9 Å². The molecule has 0 bridgehead atoms. The summed E-state index contributed by atoms with van der Waals surface area (Å²) in [5, 5.41) is 21.9. The van der Waals surface area contributed by atoms with Crippen molar-refractivity contribution in [2.24, 2.45) is 5.92 Å². The largest absolute Gasteiger partial charge is 0.464 e. The highest BCUT2D eigenvalue weighted by atomic mass is 127. The SMILES string of the molecule is CCC(I)C(=O)OCC(C1(O)CCCC1)C1(O)CCCC1. The minimum atomic E-state index is -0.869. The van der Waals surface area contributed by atoms with Gasteiger partial charge >= 0.3 is 5.97 Å². The molecule has 0 radical (unpaired) electrons. The average Bonchev–Trinajstić information content (AvgIpc) is 3.08. The summed E-state index contributed by atoms with van der Waals surface area (Å²) in [6.45, 7) is 2.09. The highest BCUT2D eigenvalue weighted by molar-refractivity contribution is 14.1. The second-order valence-corrected chi connectivity index (χ2v) is 8.18. The Kier molecular flexibility index (Phi) is 5.93. The second-order valence-electron chi connectivity index (χ2n) is 6.68. The number of aliphatic hydroxyl groups is 2. The standard InChI is InChI=1S/C16H27IO4/c1-2-12(17)14(18)21-11-13(15(19)7-3-4-8-15)16(20)9-5-6-10-16/h12-13,19-20H,2-11H2,1H3. The van der Waals surface area contributed by atoms with Gasteiger partial charge in [-0.15, -0.1) is 0 Å². The summed E-state index contributed by atoms with van der Waals surface area (Å²) in [5.74, 6) is -0.578. The van der Waals surface area contributed by atoms with Crippen molar-refractivity contribution in [2.75, 3.05) is 6.61 Å². The van der Waals surface area contributed by atoms with Gasteiger partial charge in [-0.25, -0.2) is 0 Å². The van der Waals surface area contributed by atoms with E-state index in [4.69, 9.17) is 4.74 Å². The maximum absolute atomic E-state index is 11.9. The van der Waals surface area contributed by atoms with Gasteiger partial charge in [0.2, 0.25) is 0 Å². The molecule has 0 amide bonds. The Morgan fingerprint density at radius 1 is 1.10 bits per heavy atom. The van der Waals surface area contributed by atoms with Gasteiger partial charge in [-0.2, -0.15) is 0 Å². The first kappa shape index (κ1) is 17.5. The number of halogens is 1. The molecule has 0 aromatic rings. The van der Waals surface area contributed by atoms with Crippen LogP contribution in [0.5, 0.6) is 0 Å². The molecule has 0 aromatic carbocycles. The van der Waals surface area contributed by atoms with E-state index in [1.165, 1.54) is 0 Å². The van der Waals surface area contributed by atoms with Crippen LogP contribution in [0.3, 0.4) is 0 Å². The highest BCUT2D eigenvalue weighted by Gasteiger charge is 2.52. The van der Waals surface area contributed by atoms with Gasteiger partial charge in [0.15, 0.2) is 0 Å². The molecule has 2 rings (SSSR count). The first-order valence-corrected chi connectivity index (χ1v) is 9.41. The summed E-state index contributed by atoms with van der Waals surface area (Å²) in [6.07, 6.45) is 7.51. The molecular weight excluding hydrogens is 383 g/mol. The fourth-order valence-corrected chi connectivity index (χ4v) is 4.08. The van der Waals surface area contributed by atoms with Crippen LogP contribution in [0, 0.1) is 5.92 Å². The lowest BCUT2D eigenvalue weighted by Gasteiger charge is -2.42. The molecule has 1 atom stereocenters. The van der Waals surface area contributed by atoms with E-state index in [2.05, 4.69) is 22.6 Å². The third kappa shape index (κ3) is 3.91. The molecule has 4 nitrogen and oxygen atoms in total. The van der Waals surface area contributed by atoms with Gasteiger partial charge in [-0.1, -0.05) is 55.2 Å². The number of esters is 1. The summed E-state index contributed by atoms with van der Waals surface area (Å²) in [4.78, 5) is 11.9. The topological polar surface area (TPSA) is 66.8 Å². The smallest absolute Gasteiger partial charge is 0.318 e. The van der Waals surface area contributed by atoms with Gasteiger partial charge in [-0.3, -0.25) is 4.79 Å². The Morgan fingerprint density at radius 2 is 1.52 bits per heavy atom. The summed E-state index contributed by atoms with van der Waals surface area (Å²) >= 11 is 2.08. The van der Waals surface area contributed by atoms with Crippen molar-refractivity contribution < 1.29 is 19.7 Å². The normalized spacial score (nSPS) is 25.2. The summed E-state index contributed by atoms with van der Waals surface area (Å²) in [6, 6.07) is 0. The molecule has 2 aliphatic carbocycles. The van der Waals surface area contributed by atoms with E-state index in [1.807, 2.05) is 6.92 Å². The van der Waals surface area contributed by atoms with E-state index in [0.717, 1.165) is 32.1 Å². The fourth-order valence-electron chi connectivity index (χ4n) is 3.90. The molecule has 1 unspecified atom stereocenters. The third-order valence-electron chi connectivity index (χ3n) is 5.24. The quantitative estimate of drug-likeness (QED) is 0.402. The molecule has 21 heavy (non-hydrogen) atoms. The van der Waals surface area contributed by atoms with Crippen molar-refractivity contribution in [2.45, 2.75) is 79.8 Å². The maximum atomic E-state index is 11.9. The molecule has 0 aliphatic heterocycles. The highest BCUT2D eigenvalue weighted by Crippen LogP contribution is 2.47. The minimum absolute atomic E-state index is 0.144. The lowest BCUT2D eigenvalue weighted by atomic mass is 9.73. The molecule has 2 fully saturated rings. The Balaban J connectivity index is 2.07. The molecule has 2 N–H and O–H groups in total. The summed E-state index contributed by atoms with van der Waals surface area (Å²) < 4.78 is 5.29. The number of ether oxygens (including phenoxy) is 1. The van der Waals surface area contributed by atoms with E-state index in [-0.39, 0.29) is 22.4 Å². The summed E-state index contributed by atoms with van der Waals surface area (Å²) in [5.41, 5.74) is -1.74. The van der Waals surface area contributed by atoms with Crippen LogP contribution in [0.15, 0.2) is 0 Å². The van der Waals surface area contributed by atoms with Gasteiger partial charge in [-0.05, 0) is 32.1 Å². The average molecular weight is 410 g/mol. The second kappa shape index (κ2) is 7.13. The van der Waals surface area contributed by atoms with E-state index < -0.39 is 11.2 Å². The molecule has 5 heteroatoms. The maximum Gasteiger partial charge on any atom is 0.318 e.